The first-order valence-electron chi connectivity index (χ1n) is 19.0. The Bertz CT molecular complexity index is 2600. The first-order chi connectivity index (χ1) is 29.2. The molecule has 13 nitrogen and oxygen atoms in total. The number of para-hydroxylation sites is 1. The molecule has 0 unspecified atom stereocenters. The minimum absolute atomic E-state index is 0.00394. The first-order valence-corrected chi connectivity index (χ1v) is 19.4. The largest absolute Gasteiger partial charge is 0.329 e. The molecule has 4 heterocycles. The van der Waals surface area contributed by atoms with Crippen molar-refractivity contribution in [1.29, 1.82) is 10.5 Å². The molecule has 298 valence electrons. The molecule has 2 aromatic heterocycles. The van der Waals surface area contributed by atoms with Crippen LogP contribution in [0.15, 0.2) is 134 Å². The Balaban J connectivity index is 0.000000182. The van der Waals surface area contributed by atoms with Crippen LogP contribution >= 0.6 is 11.6 Å². The number of halogens is 1. The summed E-state index contributed by atoms with van der Waals surface area (Å²) in [5, 5.41) is 18.4. The van der Waals surface area contributed by atoms with Gasteiger partial charge in [-0.2, -0.15) is 10.5 Å². The second kappa shape index (κ2) is 18.8. The van der Waals surface area contributed by atoms with Gasteiger partial charge in [0, 0.05) is 48.1 Å². The number of nitriles is 2. The number of rotatable bonds is 10. The van der Waals surface area contributed by atoms with Gasteiger partial charge in [-0.25, -0.2) is 4.98 Å². The van der Waals surface area contributed by atoms with Crippen molar-refractivity contribution in [3.05, 3.63) is 178 Å². The monoisotopic (exact) mass is 815 g/mol. The molecule has 4 amide bonds. The Kier molecular flexibility index (Phi) is 12.7. The molecule has 0 saturated carbocycles. The Labute approximate surface area is 351 Å². The lowest BCUT2D eigenvalue weighted by Gasteiger charge is -2.34. The predicted octanol–water partition coefficient (Wildman–Crippen LogP) is 5.75. The van der Waals surface area contributed by atoms with Crippen LogP contribution in [0.25, 0.3) is 0 Å². The Morgan fingerprint density at radius 3 is 1.80 bits per heavy atom. The first kappa shape index (κ1) is 40.6. The highest BCUT2D eigenvalue weighted by Crippen LogP contribution is 2.24. The molecule has 4 aromatic carbocycles. The molecule has 0 spiro atoms. The average Bonchev–Trinajstić information content (AvgIpc) is 3.70. The molecule has 2 fully saturated rings. The molecule has 0 atom stereocenters. The van der Waals surface area contributed by atoms with Gasteiger partial charge in [0.05, 0.1) is 41.8 Å². The van der Waals surface area contributed by atoms with E-state index >= 15 is 0 Å². The highest BCUT2D eigenvalue weighted by Gasteiger charge is 2.32. The molecule has 2 saturated heterocycles. The van der Waals surface area contributed by atoms with E-state index in [-0.39, 0.29) is 49.8 Å². The van der Waals surface area contributed by atoms with Crippen LogP contribution in [0.4, 0.5) is 11.4 Å². The van der Waals surface area contributed by atoms with E-state index in [0.29, 0.717) is 47.9 Å². The zero-order valence-electron chi connectivity index (χ0n) is 32.4. The van der Waals surface area contributed by atoms with Crippen LogP contribution in [-0.4, -0.2) is 74.1 Å². The number of aromatic nitrogens is 3. The van der Waals surface area contributed by atoms with Gasteiger partial charge in [-0.15, -0.1) is 0 Å². The standard InChI is InChI=1S/C24H19ClN4O2.C22H19N5O2/c25-21-2-1-3-22(11-21)29-16-23(30)28(15-24(29)31)14-19-8-9-27-13-20(19)10-17-4-6-18(12-26)7-5-17;23-10-17-6-8-18(9-7-17)12-26-16-24-11-20(26)13-25-14-22(29)27(15-21(25)28)19-4-2-1-3-5-19/h1-9,11,13H,10,14-16H2;1-9,11,16H,12-15H2. The summed E-state index contributed by atoms with van der Waals surface area (Å²) in [5.74, 6) is -0.473. The second-order valence-electron chi connectivity index (χ2n) is 14.2. The summed E-state index contributed by atoms with van der Waals surface area (Å²) in [7, 11) is 0. The van der Waals surface area contributed by atoms with Crippen LogP contribution in [0.5, 0.6) is 0 Å². The number of nitrogens with zero attached hydrogens (tertiary/aromatic N) is 9. The van der Waals surface area contributed by atoms with E-state index < -0.39 is 0 Å². The van der Waals surface area contributed by atoms with Crippen molar-refractivity contribution in [2.45, 2.75) is 26.1 Å². The molecule has 8 rings (SSSR count). The normalized spacial score (nSPS) is 14.1. The van der Waals surface area contributed by atoms with E-state index in [2.05, 4.69) is 22.1 Å². The van der Waals surface area contributed by atoms with Gasteiger partial charge in [0.15, 0.2) is 0 Å². The summed E-state index contributed by atoms with van der Waals surface area (Å²) in [6, 6.07) is 37.0. The number of amides is 4. The molecular weight excluding hydrogens is 778 g/mol. The zero-order chi connectivity index (χ0) is 42.0. The van der Waals surface area contributed by atoms with E-state index in [0.717, 1.165) is 33.6 Å². The SMILES string of the molecule is N#Cc1ccc(Cc2cnccc2CN2CC(=O)N(c3cccc(Cl)c3)CC2=O)cc1.N#Cc1ccc(Cn2cncc2CN2CC(=O)N(c3ccccc3)CC2=O)cc1. The molecule has 0 radical (unpaired) electrons. The summed E-state index contributed by atoms with van der Waals surface area (Å²) in [5.41, 5.74) is 7.41. The van der Waals surface area contributed by atoms with Gasteiger partial charge < -0.3 is 24.2 Å². The molecule has 2 aliphatic rings. The minimum Gasteiger partial charge on any atom is -0.329 e. The summed E-state index contributed by atoms with van der Waals surface area (Å²) < 4.78 is 1.95. The molecular formula is C46H38ClN9O4. The van der Waals surface area contributed by atoms with Crippen molar-refractivity contribution in [2.75, 3.05) is 36.0 Å². The van der Waals surface area contributed by atoms with Gasteiger partial charge in [0.25, 0.3) is 0 Å². The third-order valence-electron chi connectivity index (χ3n) is 10.2. The quantitative estimate of drug-likeness (QED) is 0.169. The molecule has 0 aliphatic carbocycles. The number of pyridine rings is 1. The number of imidazole rings is 1. The van der Waals surface area contributed by atoms with Crippen LogP contribution in [0.3, 0.4) is 0 Å². The number of hydrogen-bond donors (Lipinski definition) is 0. The van der Waals surface area contributed by atoms with Crippen molar-refractivity contribution in [3.63, 3.8) is 0 Å². The van der Waals surface area contributed by atoms with Crippen LogP contribution in [0, 0.1) is 22.7 Å². The summed E-state index contributed by atoms with van der Waals surface area (Å²) >= 11 is 6.03. The predicted molar refractivity (Wildman–Crippen MR) is 224 cm³/mol. The lowest BCUT2D eigenvalue weighted by atomic mass is 10.0. The van der Waals surface area contributed by atoms with Gasteiger partial charge >= 0.3 is 0 Å². The number of hydrogen-bond acceptors (Lipinski definition) is 8. The number of anilines is 2. The third kappa shape index (κ3) is 9.91. The van der Waals surface area contributed by atoms with Crippen LogP contribution in [0.1, 0.15) is 39.1 Å². The highest BCUT2D eigenvalue weighted by atomic mass is 35.5. The Hall–Kier alpha value is -7.61. The summed E-state index contributed by atoms with van der Waals surface area (Å²) in [6.45, 7) is 1.29. The van der Waals surface area contributed by atoms with Crippen molar-refractivity contribution in [3.8, 4) is 12.1 Å². The Morgan fingerprint density at radius 2 is 1.17 bits per heavy atom. The fourth-order valence-electron chi connectivity index (χ4n) is 6.92. The maximum atomic E-state index is 12.8. The summed E-state index contributed by atoms with van der Waals surface area (Å²) in [6.07, 6.45) is 7.51. The molecule has 6 aromatic rings. The van der Waals surface area contributed by atoms with Gasteiger partial charge in [-0.3, -0.25) is 24.2 Å². The van der Waals surface area contributed by atoms with Crippen molar-refractivity contribution in [1.82, 2.24) is 24.3 Å². The zero-order valence-corrected chi connectivity index (χ0v) is 33.2. The van der Waals surface area contributed by atoms with Crippen LogP contribution < -0.4 is 9.80 Å². The number of piperazine rings is 2. The third-order valence-corrected chi connectivity index (χ3v) is 10.4. The van der Waals surface area contributed by atoms with Crippen molar-refractivity contribution < 1.29 is 19.2 Å². The fourth-order valence-corrected chi connectivity index (χ4v) is 7.11. The van der Waals surface area contributed by atoms with Gasteiger partial charge in [-0.05, 0) is 89.3 Å². The molecule has 60 heavy (non-hydrogen) atoms. The number of carbonyl (C=O) groups excluding carboxylic acids is 4. The van der Waals surface area contributed by atoms with Crippen molar-refractivity contribution in [2.24, 2.45) is 0 Å². The molecule has 0 bridgehead atoms. The maximum absolute atomic E-state index is 12.8. The summed E-state index contributed by atoms with van der Waals surface area (Å²) in [4.78, 5) is 65.3. The Morgan fingerprint density at radius 1 is 0.567 bits per heavy atom. The van der Waals surface area contributed by atoms with Crippen LogP contribution in [-0.2, 0) is 45.2 Å². The van der Waals surface area contributed by atoms with E-state index in [1.807, 2.05) is 65.2 Å². The smallest absolute Gasteiger partial charge is 0.247 e. The minimum atomic E-state index is -0.149. The fraction of sp³-hybridized carbons (Fsp3) is 0.174. The van der Waals surface area contributed by atoms with Crippen molar-refractivity contribution >= 4 is 46.6 Å². The lowest BCUT2D eigenvalue weighted by molar-refractivity contribution is -0.139. The lowest BCUT2D eigenvalue weighted by Crippen LogP contribution is -2.53. The topological polar surface area (TPSA) is 160 Å². The number of carbonyl (C=O) groups is 4. The molecule has 0 N–H and O–H groups in total. The highest BCUT2D eigenvalue weighted by molar-refractivity contribution is 6.31. The molecule has 14 heteroatoms. The second-order valence-corrected chi connectivity index (χ2v) is 14.7. The van der Waals surface area contributed by atoms with E-state index in [1.165, 1.54) is 9.80 Å². The van der Waals surface area contributed by atoms with E-state index in [4.69, 9.17) is 22.1 Å². The van der Waals surface area contributed by atoms with Crippen LogP contribution in [0.2, 0.25) is 5.02 Å². The average molecular weight is 816 g/mol. The maximum Gasteiger partial charge on any atom is 0.247 e. The van der Waals surface area contributed by atoms with Gasteiger partial charge in [0.1, 0.15) is 26.2 Å². The van der Waals surface area contributed by atoms with Gasteiger partial charge in [-0.1, -0.05) is 60.1 Å². The van der Waals surface area contributed by atoms with Gasteiger partial charge in [0.2, 0.25) is 23.6 Å². The number of benzene rings is 4. The van der Waals surface area contributed by atoms with E-state index in [1.54, 1.807) is 83.2 Å². The van der Waals surface area contributed by atoms with E-state index in [9.17, 15) is 19.2 Å². The molecule has 2 aliphatic heterocycles.